The highest BCUT2D eigenvalue weighted by Crippen LogP contribution is 2.24. The Labute approximate surface area is 135 Å². The smallest absolute Gasteiger partial charge is 0.341 e. The molecule has 1 aromatic rings. The second-order valence-corrected chi connectivity index (χ2v) is 5.56. The summed E-state index contributed by atoms with van der Waals surface area (Å²) in [5.74, 6) is 0.221. The molecule has 0 aliphatic heterocycles. The number of rotatable bonds is 9. The number of carbonyl (C=O) groups excluding carboxylic acids is 1. The molecule has 0 heterocycles. The highest BCUT2D eigenvalue weighted by Gasteiger charge is 2.14. The maximum absolute atomic E-state index is 11.9. The predicted octanol–water partition coefficient (Wildman–Crippen LogP) is 3.74. The van der Waals surface area contributed by atoms with E-state index in [1.165, 1.54) is 0 Å². The highest BCUT2D eigenvalue weighted by atomic mass is 79.9. The third-order valence-electron chi connectivity index (χ3n) is 3.09. The van der Waals surface area contributed by atoms with Crippen molar-refractivity contribution in [3.8, 4) is 5.75 Å². The van der Waals surface area contributed by atoms with Gasteiger partial charge < -0.3 is 14.4 Å². The molecule has 1 rings (SSSR count). The van der Waals surface area contributed by atoms with Crippen molar-refractivity contribution in [1.82, 2.24) is 4.90 Å². The fourth-order valence-electron chi connectivity index (χ4n) is 2.03. The number of esters is 1. The number of benzene rings is 1. The van der Waals surface area contributed by atoms with Gasteiger partial charge in [0.2, 0.25) is 0 Å². The van der Waals surface area contributed by atoms with E-state index in [1.807, 2.05) is 6.07 Å². The van der Waals surface area contributed by atoms with Gasteiger partial charge in [0.15, 0.2) is 0 Å². The normalized spacial score (nSPS) is 10.7. The zero-order chi connectivity index (χ0) is 15.7. The van der Waals surface area contributed by atoms with Gasteiger partial charge in [0.1, 0.15) is 17.9 Å². The van der Waals surface area contributed by atoms with Crippen LogP contribution in [-0.2, 0) is 4.74 Å². The van der Waals surface area contributed by atoms with E-state index < -0.39 is 0 Å². The number of carbonyl (C=O) groups is 1. The van der Waals surface area contributed by atoms with Crippen LogP contribution in [0.4, 0.5) is 0 Å². The molecule has 0 atom stereocenters. The molecule has 118 valence electrons. The third kappa shape index (κ3) is 6.06. The molecule has 0 aliphatic carbocycles. The summed E-state index contributed by atoms with van der Waals surface area (Å²) in [5, 5.41) is 0. The van der Waals surface area contributed by atoms with Gasteiger partial charge in [0, 0.05) is 11.0 Å². The van der Waals surface area contributed by atoms with E-state index in [4.69, 9.17) is 9.47 Å². The molecule has 0 saturated heterocycles. The van der Waals surface area contributed by atoms with Crippen LogP contribution in [0.3, 0.4) is 0 Å². The predicted molar refractivity (Wildman–Crippen MR) is 88.0 cm³/mol. The lowest BCUT2D eigenvalue weighted by Gasteiger charge is -2.20. The van der Waals surface area contributed by atoms with Crippen LogP contribution in [0.15, 0.2) is 22.7 Å². The Morgan fingerprint density at radius 2 is 2.00 bits per heavy atom. The Hall–Kier alpha value is -1.07. The molecule has 1 aromatic carbocycles. The van der Waals surface area contributed by atoms with Crippen molar-refractivity contribution < 1.29 is 14.3 Å². The standard InChI is InChI=1S/C16H24BrNO3/c1-4-9-18(5-2)10-11-21-15-8-7-13(17)12-14(15)16(19)20-6-3/h7-8,12H,4-6,9-11H2,1-3H3. The number of hydrogen-bond acceptors (Lipinski definition) is 4. The topological polar surface area (TPSA) is 38.8 Å². The molecule has 0 saturated carbocycles. The van der Waals surface area contributed by atoms with Gasteiger partial charge in [-0.05, 0) is 44.6 Å². The highest BCUT2D eigenvalue weighted by molar-refractivity contribution is 9.10. The third-order valence-corrected chi connectivity index (χ3v) is 3.58. The maximum Gasteiger partial charge on any atom is 0.341 e. The Bertz CT molecular complexity index is 451. The molecule has 0 unspecified atom stereocenters. The Kier molecular flexibility index (Phi) is 8.38. The quantitative estimate of drug-likeness (QED) is 0.631. The molecule has 0 amide bonds. The van der Waals surface area contributed by atoms with Crippen molar-refractivity contribution in [2.24, 2.45) is 0 Å². The van der Waals surface area contributed by atoms with Crippen molar-refractivity contribution in [1.29, 1.82) is 0 Å². The van der Waals surface area contributed by atoms with Gasteiger partial charge in [-0.1, -0.05) is 29.8 Å². The van der Waals surface area contributed by atoms with Crippen molar-refractivity contribution in [2.75, 3.05) is 32.8 Å². The molecule has 0 fully saturated rings. The van der Waals surface area contributed by atoms with E-state index in [2.05, 4.69) is 34.7 Å². The minimum Gasteiger partial charge on any atom is -0.491 e. The van der Waals surface area contributed by atoms with Gasteiger partial charge in [0.25, 0.3) is 0 Å². The lowest BCUT2D eigenvalue weighted by atomic mass is 10.2. The van der Waals surface area contributed by atoms with Crippen LogP contribution in [0.25, 0.3) is 0 Å². The first-order valence-electron chi connectivity index (χ1n) is 7.44. The van der Waals surface area contributed by atoms with E-state index in [0.717, 1.165) is 30.5 Å². The lowest BCUT2D eigenvalue weighted by molar-refractivity contribution is 0.0521. The number of nitrogens with zero attached hydrogens (tertiary/aromatic N) is 1. The number of ether oxygens (including phenoxy) is 2. The van der Waals surface area contributed by atoms with E-state index in [-0.39, 0.29) is 5.97 Å². The fourth-order valence-corrected chi connectivity index (χ4v) is 2.39. The van der Waals surface area contributed by atoms with Crippen LogP contribution in [0.1, 0.15) is 37.6 Å². The second kappa shape index (κ2) is 9.79. The van der Waals surface area contributed by atoms with Crippen molar-refractivity contribution in [2.45, 2.75) is 27.2 Å². The minimum atomic E-state index is -0.352. The summed E-state index contributed by atoms with van der Waals surface area (Å²) < 4.78 is 11.7. The van der Waals surface area contributed by atoms with Crippen molar-refractivity contribution in [3.05, 3.63) is 28.2 Å². The lowest BCUT2D eigenvalue weighted by Crippen LogP contribution is -2.29. The molecule has 21 heavy (non-hydrogen) atoms. The van der Waals surface area contributed by atoms with Gasteiger partial charge in [-0.25, -0.2) is 4.79 Å². The average Bonchev–Trinajstić information content (AvgIpc) is 2.47. The summed E-state index contributed by atoms with van der Waals surface area (Å²) in [7, 11) is 0. The summed E-state index contributed by atoms with van der Waals surface area (Å²) >= 11 is 3.37. The van der Waals surface area contributed by atoms with E-state index >= 15 is 0 Å². The SMILES string of the molecule is CCCN(CC)CCOc1ccc(Br)cc1C(=O)OCC. The first-order valence-corrected chi connectivity index (χ1v) is 8.23. The monoisotopic (exact) mass is 357 g/mol. The Balaban J connectivity index is 2.67. The molecule has 0 bridgehead atoms. The molecule has 0 spiro atoms. The Morgan fingerprint density at radius 1 is 1.24 bits per heavy atom. The number of hydrogen-bond donors (Lipinski definition) is 0. The van der Waals surface area contributed by atoms with Gasteiger partial charge in [-0.2, -0.15) is 0 Å². The van der Waals surface area contributed by atoms with Crippen LogP contribution < -0.4 is 4.74 Å². The zero-order valence-electron chi connectivity index (χ0n) is 13.0. The minimum absolute atomic E-state index is 0.352. The molecule has 4 nitrogen and oxygen atoms in total. The van der Waals surface area contributed by atoms with Gasteiger partial charge >= 0.3 is 5.97 Å². The summed E-state index contributed by atoms with van der Waals surface area (Å²) in [4.78, 5) is 14.3. The zero-order valence-corrected chi connectivity index (χ0v) is 14.6. The number of halogens is 1. The first kappa shape index (κ1) is 18.0. The van der Waals surface area contributed by atoms with Gasteiger partial charge in [0.05, 0.1) is 6.61 Å². The van der Waals surface area contributed by atoms with Crippen LogP contribution in [0, 0.1) is 0 Å². The summed E-state index contributed by atoms with van der Waals surface area (Å²) in [5.41, 5.74) is 0.463. The van der Waals surface area contributed by atoms with Crippen LogP contribution >= 0.6 is 15.9 Å². The van der Waals surface area contributed by atoms with Crippen molar-refractivity contribution >= 4 is 21.9 Å². The Morgan fingerprint density at radius 3 is 2.62 bits per heavy atom. The molecule has 0 radical (unpaired) electrons. The molecule has 0 aliphatic rings. The van der Waals surface area contributed by atoms with E-state index in [9.17, 15) is 4.79 Å². The number of likely N-dealkylation sites (N-methyl/N-ethyl adjacent to an activating group) is 1. The van der Waals surface area contributed by atoms with Gasteiger partial charge in [-0.3, -0.25) is 0 Å². The fraction of sp³-hybridized carbons (Fsp3) is 0.562. The summed E-state index contributed by atoms with van der Waals surface area (Å²) in [6, 6.07) is 5.39. The maximum atomic E-state index is 11.9. The van der Waals surface area contributed by atoms with Crippen LogP contribution in [0.5, 0.6) is 5.75 Å². The van der Waals surface area contributed by atoms with Crippen molar-refractivity contribution in [3.63, 3.8) is 0 Å². The average molecular weight is 358 g/mol. The molecule has 0 aromatic heterocycles. The van der Waals surface area contributed by atoms with Crippen LogP contribution in [-0.4, -0.2) is 43.7 Å². The summed E-state index contributed by atoms with van der Waals surface area (Å²) in [6.45, 7) is 9.92. The molecular weight excluding hydrogens is 334 g/mol. The second-order valence-electron chi connectivity index (χ2n) is 4.64. The van der Waals surface area contributed by atoms with E-state index in [0.29, 0.717) is 24.5 Å². The van der Waals surface area contributed by atoms with E-state index in [1.54, 1.807) is 19.1 Å². The van der Waals surface area contributed by atoms with Crippen LogP contribution in [0.2, 0.25) is 0 Å². The summed E-state index contributed by atoms with van der Waals surface area (Å²) in [6.07, 6.45) is 1.13. The van der Waals surface area contributed by atoms with Gasteiger partial charge in [-0.15, -0.1) is 0 Å². The molecular formula is C16H24BrNO3. The molecule has 0 N–H and O–H groups in total. The largest absolute Gasteiger partial charge is 0.491 e. The molecule has 5 heteroatoms. The first-order chi connectivity index (χ1) is 10.1.